The maximum absolute atomic E-state index is 9.25. The summed E-state index contributed by atoms with van der Waals surface area (Å²) >= 11 is 0.776. The zero-order valence-corrected chi connectivity index (χ0v) is 9.42. The fourth-order valence-electron chi connectivity index (χ4n) is 1.48. The Hall–Kier alpha value is 1.32. The Bertz CT molecular complexity index is 77.0. The molecule has 0 aromatic carbocycles. The number of aliphatic hydroxyl groups is 1. The Morgan fingerprint density at radius 3 is 2.11 bits per heavy atom. The number of hydrogen-bond acceptors (Lipinski definition) is 1. The van der Waals surface area contributed by atoms with Crippen molar-refractivity contribution in [2.75, 3.05) is 0 Å². The molecule has 0 saturated heterocycles. The van der Waals surface area contributed by atoms with Crippen molar-refractivity contribution in [2.45, 2.75) is 33.8 Å². The van der Waals surface area contributed by atoms with Gasteiger partial charge in [0, 0.05) is 0 Å². The molecule has 0 aromatic rings. The van der Waals surface area contributed by atoms with E-state index in [1.54, 1.807) is 0 Å². The molecule has 2 heteroatoms. The molecule has 0 spiro atoms. The SMILES string of the molecule is O[CH]([Pr])C1CCCCC1. The fourth-order valence-corrected chi connectivity index (χ4v) is 2.71. The van der Waals surface area contributed by atoms with Crippen LogP contribution in [-0.4, -0.2) is 6.79 Å². The van der Waals surface area contributed by atoms with Gasteiger partial charge in [-0.25, -0.2) is 0 Å². The molecule has 9 heavy (non-hydrogen) atoms. The predicted octanol–water partition coefficient (Wildman–Crippen LogP) is 1.43. The van der Waals surface area contributed by atoms with Crippen LogP contribution < -0.4 is 0 Å². The van der Waals surface area contributed by atoms with E-state index < -0.39 is 0 Å². The molecular formula is C7H13OPr. The summed E-state index contributed by atoms with van der Waals surface area (Å²) in [6.45, 7) is 0. The van der Waals surface area contributed by atoms with E-state index >= 15 is 0 Å². The summed E-state index contributed by atoms with van der Waals surface area (Å²) in [5.41, 5.74) is 0. The van der Waals surface area contributed by atoms with Crippen LogP contribution in [0.3, 0.4) is 0 Å². The maximum atomic E-state index is 9.25. The second kappa shape index (κ2) is 4.25. The van der Waals surface area contributed by atoms with Crippen molar-refractivity contribution in [3.05, 3.63) is 0 Å². The van der Waals surface area contributed by atoms with E-state index in [1.807, 2.05) is 0 Å². The molecule has 1 saturated carbocycles. The molecule has 1 unspecified atom stereocenters. The third-order valence-electron chi connectivity index (χ3n) is 2.13. The summed E-state index contributed by atoms with van der Waals surface area (Å²) in [5.74, 6) is 0.684. The first-order valence-electron chi connectivity index (χ1n) is 3.74. The third-order valence-corrected chi connectivity index (χ3v) is 3.88. The van der Waals surface area contributed by atoms with Crippen LogP contribution in [0.2, 0.25) is 0 Å². The van der Waals surface area contributed by atoms with Crippen molar-refractivity contribution in [2.24, 2.45) is 5.92 Å². The van der Waals surface area contributed by atoms with Gasteiger partial charge in [0.1, 0.15) is 0 Å². The molecule has 0 radical (unpaired) electrons. The molecule has 0 amide bonds. The van der Waals surface area contributed by atoms with Gasteiger partial charge in [-0.05, 0) is 0 Å². The summed E-state index contributed by atoms with van der Waals surface area (Å²) in [5, 5.41) is 9.25. The van der Waals surface area contributed by atoms with Gasteiger partial charge >= 0.3 is 84.0 Å². The van der Waals surface area contributed by atoms with Crippen LogP contribution in [0, 0.1) is 45.1 Å². The van der Waals surface area contributed by atoms with E-state index in [9.17, 15) is 5.11 Å². The van der Waals surface area contributed by atoms with E-state index in [0.717, 1.165) is 39.2 Å². The average molecular weight is 254 g/mol. The summed E-state index contributed by atoms with van der Waals surface area (Å²) in [6.07, 6.45) is 6.69. The zero-order chi connectivity index (χ0) is 6.69. The Kier molecular flexibility index (Phi) is 3.98. The van der Waals surface area contributed by atoms with Crippen molar-refractivity contribution in [3.8, 4) is 0 Å². The summed E-state index contributed by atoms with van der Waals surface area (Å²) in [6, 6.07) is 0. The number of hydrogen-bond donors (Lipinski definition) is 1. The standard InChI is InChI=1S/C7H13O.Pr/c8-6-7-4-2-1-3-5-7;/h6-8H,1-5H2;. The minimum absolute atomic E-state index is 0.102. The quantitative estimate of drug-likeness (QED) is 0.750. The second-order valence-corrected chi connectivity index (χ2v) is 5.08. The Balaban J connectivity index is 2.23. The van der Waals surface area contributed by atoms with E-state index in [4.69, 9.17) is 0 Å². The molecular weight excluding hydrogens is 241 g/mol. The Labute approximate surface area is 83.2 Å². The van der Waals surface area contributed by atoms with Crippen LogP contribution in [0.1, 0.15) is 32.1 Å². The van der Waals surface area contributed by atoms with Crippen LogP contribution in [0.25, 0.3) is 0 Å². The molecule has 0 heterocycles. The van der Waals surface area contributed by atoms with Gasteiger partial charge in [0.25, 0.3) is 0 Å². The molecule has 50 valence electrons. The van der Waals surface area contributed by atoms with Crippen molar-refractivity contribution >= 4 is 0 Å². The Morgan fingerprint density at radius 2 is 1.78 bits per heavy atom. The van der Waals surface area contributed by atoms with Gasteiger partial charge in [0.2, 0.25) is 0 Å². The number of rotatable bonds is 1. The summed E-state index contributed by atoms with van der Waals surface area (Å²) in [4.78, 5) is 0. The van der Waals surface area contributed by atoms with Gasteiger partial charge in [0.15, 0.2) is 0 Å². The first kappa shape index (κ1) is 8.42. The normalized spacial score (nSPS) is 25.8. The topological polar surface area (TPSA) is 20.2 Å². The summed E-state index contributed by atoms with van der Waals surface area (Å²) < 4.78 is 0.102. The van der Waals surface area contributed by atoms with E-state index in [1.165, 1.54) is 32.1 Å². The van der Waals surface area contributed by atoms with Crippen LogP contribution in [0.15, 0.2) is 0 Å². The molecule has 1 N–H and O–H groups in total. The zero-order valence-electron chi connectivity index (χ0n) is 5.71. The molecule has 1 fully saturated rings. The van der Waals surface area contributed by atoms with E-state index in [0.29, 0.717) is 5.92 Å². The average Bonchev–Trinajstić information content (AvgIpc) is 1.90. The molecule has 1 nitrogen and oxygen atoms in total. The van der Waals surface area contributed by atoms with Crippen LogP contribution in [-0.2, 0) is 0 Å². The van der Waals surface area contributed by atoms with Crippen molar-refractivity contribution in [1.82, 2.24) is 0 Å². The molecule has 1 atom stereocenters. The van der Waals surface area contributed by atoms with Gasteiger partial charge in [-0.3, -0.25) is 0 Å². The van der Waals surface area contributed by atoms with Crippen molar-refractivity contribution < 1.29 is 44.3 Å². The molecule has 1 aliphatic rings. The van der Waals surface area contributed by atoms with Gasteiger partial charge in [-0.1, -0.05) is 0 Å². The van der Waals surface area contributed by atoms with Gasteiger partial charge in [-0.15, -0.1) is 0 Å². The van der Waals surface area contributed by atoms with Gasteiger partial charge in [0.05, 0.1) is 0 Å². The van der Waals surface area contributed by atoms with Crippen LogP contribution >= 0.6 is 0 Å². The second-order valence-electron chi connectivity index (χ2n) is 2.89. The first-order chi connectivity index (χ1) is 4.30. The van der Waals surface area contributed by atoms with E-state index in [2.05, 4.69) is 0 Å². The Morgan fingerprint density at radius 1 is 1.22 bits per heavy atom. The fraction of sp³-hybridized carbons (Fsp3) is 1.00. The molecule has 1 rings (SSSR count). The van der Waals surface area contributed by atoms with Gasteiger partial charge < -0.3 is 0 Å². The number of aliphatic hydroxyl groups excluding tert-OH is 1. The first-order valence-corrected chi connectivity index (χ1v) is 5.88. The third kappa shape index (κ3) is 2.82. The van der Waals surface area contributed by atoms with Gasteiger partial charge in [-0.2, -0.15) is 0 Å². The van der Waals surface area contributed by atoms with Crippen LogP contribution in [0.4, 0.5) is 0 Å². The molecule has 1 aliphatic carbocycles. The van der Waals surface area contributed by atoms with Crippen LogP contribution in [0.5, 0.6) is 0 Å². The monoisotopic (exact) mass is 254 g/mol. The molecule has 0 bridgehead atoms. The predicted molar refractivity (Wildman–Crippen MR) is 32.6 cm³/mol. The minimum atomic E-state index is 0.102. The summed E-state index contributed by atoms with van der Waals surface area (Å²) in [7, 11) is 0. The van der Waals surface area contributed by atoms with E-state index in [-0.39, 0.29) is 1.69 Å². The molecule has 0 aromatic heterocycles. The van der Waals surface area contributed by atoms with Crippen molar-refractivity contribution in [3.63, 3.8) is 0 Å². The van der Waals surface area contributed by atoms with Crippen molar-refractivity contribution in [1.29, 1.82) is 0 Å². The molecule has 0 aliphatic heterocycles.